The van der Waals surface area contributed by atoms with E-state index in [9.17, 15) is 0 Å². The summed E-state index contributed by atoms with van der Waals surface area (Å²) in [6.07, 6.45) is 7.44. The van der Waals surface area contributed by atoms with E-state index in [-0.39, 0.29) is 0 Å². The van der Waals surface area contributed by atoms with Gasteiger partial charge >= 0.3 is 0 Å². The lowest BCUT2D eigenvalue weighted by Crippen LogP contribution is -2.23. The van der Waals surface area contributed by atoms with Gasteiger partial charge in [-0.25, -0.2) is 4.98 Å². The molecule has 1 heterocycles. The van der Waals surface area contributed by atoms with E-state index in [1.807, 2.05) is 12.1 Å². The lowest BCUT2D eigenvalue weighted by atomic mass is 9.95. The first kappa shape index (κ1) is 16.8. The molecule has 134 valence electrons. The van der Waals surface area contributed by atoms with Crippen molar-refractivity contribution < 1.29 is 0 Å². The molecule has 3 aromatic rings. The van der Waals surface area contributed by atoms with Gasteiger partial charge in [-0.2, -0.15) is 4.98 Å². The molecule has 0 aliphatic heterocycles. The van der Waals surface area contributed by atoms with E-state index in [1.165, 1.54) is 37.7 Å². The van der Waals surface area contributed by atoms with Crippen LogP contribution in [-0.2, 0) is 6.42 Å². The van der Waals surface area contributed by atoms with Crippen molar-refractivity contribution in [3.63, 3.8) is 0 Å². The first-order valence-electron chi connectivity index (χ1n) is 9.71. The van der Waals surface area contributed by atoms with Crippen LogP contribution in [0.3, 0.4) is 0 Å². The van der Waals surface area contributed by atoms with Crippen LogP contribution in [-0.4, -0.2) is 16.0 Å². The van der Waals surface area contributed by atoms with Crippen LogP contribution in [0.15, 0.2) is 48.5 Å². The fraction of sp³-hybridized carbons (Fsp3) is 0.364. The first-order chi connectivity index (χ1) is 12.8. The van der Waals surface area contributed by atoms with E-state index < -0.39 is 0 Å². The molecular weight excluding hydrogens is 320 g/mol. The lowest BCUT2D eigenvalue weighted by molar-refractivity contribution is 0.462. The van der Waals surface area contributed by atoms with Crippen molar-refractivity contribution in [2.24, 2.45) is 0 Å². The Kier molecular flexibility index (Phi) is 5.00. The molecular formula is C22H26N4. The summed E-state index contributed by atoms with van der Waals surface area (Å²) < 4.78 is 0. The van der Waals surface area contributed by atoms with Crippen molar-refractivity contribution >= 4 is 28.4 Å². The summed E-state index contributed by atoms with van der Waals surface area (Å²) in [6, 6.07) is 17.2. The van der Waals surface area contributed by atoms with Gasteiger partial charge < -0.3 is 10.6 Å². The Morgan fingerprint density at radius 1 is 0.923 bits per heavy atom. The molecule has 0 unspecified atom stereocenters. The van der Waals surface area contributed by atoms with E-state index >= 15 is 0 Å². The van der Waals surface area contributed by atoms with Gasteiger partial charge in [0.2, 0.25) is 5.95 Å². The molecule has 26 heavy (non-hydrogen) atoms. The zero-order valence-electron chi connectivity index (χ0n) is 15.3. The van der Waals surface area contributed by atoms with Gasteiger partial charge in [-0.3, -0.25) is 0 Å². The Hall–Kier alpha value is -2.62. The minimum atomic E-state index is 0.513. The van der Waals surface area contributed by atoms with E-state index in [0.29, 0.717) is 12.0 Å². The number of fused-ring (bicyclic) bond motifs is 1. The first-order valence-corrected chi connectivity index (χ1v) is 9.71. The second-order valence-corrected chi connectivity index (χ2v) is 7.07. The summed E-state index contributed by atoms with van der Waals surface area (Å²) in [4.78, 5) is 9.50. The van der Waals surface area contributed by atoms with Crippen molar-refractivity contribution in [3.05, 3.63) is 54.1 Å². The average Bonchev–Trinajstić information content (AvgIpc) is 2.69. The van der Waals surface area contributed by atoms with Crippen molar-refractivity contribution in [2.75, 3.05) is 10.6 Å². The predicted molar refractivity (Wildman–Crippen MR) is 109 cm³/mol. The number of rotatable bonds is 5. The highest BCUT2D eigenvalue weighted by molar-refractivity contribution is 5.90. The van der Waals surface area contributed by atoms with E-state index in [4.69, 9.17) is 9.97 Å². The molecule has 0 bridgehead atoms. The molecule has 4 heteroatoms. The molecule has 1 saturated carbocycles. The van der Waals surface area contributed by atoms with Gasteiger partial charge in [-0.15, -0.1) is 0 Å². The van der Waals surface area contributed by atoms with Crippen LogP contribution in [0.4, 0.5) is 17.5 Å². The third-order valence-corrected chi connectivity index (χ3v) is 5.17. The van der Waals surface area contributed by atoms with Crippen LogP contribution >= 0.6 is 0 Å². The molecule has 1 aromatic heterocycles. The Bertz CT molecular complexity index is 867. The summed E-state index contributed by atoms with van der Waals surface area (Å²) in [6.45, 7) is 2.16. The molecule has 0 saturated heterocycles. The van der Waals surface area contributed by atoms with E-state index in [1.54, 1.807) is 0 Å². The van der Waals surface area contributed by atoms with Gasteiger partial charge in [-0.05, 0) is 49.1 Å². The standard InChI is InChI=1S/C22H26N4/c1-2-16-12-14-18(15-13-16)24-22-25-20-11-7-6-10-19(20)21(26-22)23-17-8-4-3-5-9-17/h6-7,10-15,17H,2-5,8-9H2,1H3,(H2,23,24,25,26). The maximum Gasteiger partial charge on any atom is 0.229 e. The fourth-order valence-corrected chi connectivity index (χ4v) is 3.64. The van der Waals surface area contributed by atoms with Gasteiger partial charge in [0, 0.05) is 17.1 Å². The van der Waals surface area contributed by atoms with Gasteiger partial charge in [-0.1, -0.05) is 50.5 Å². The van der Waals surface area contributed by atoms with Crippen molar-refractivity contribution in [3.8, 4) is 0 Å². The zero-order chi connectivity index (χ0) is 17.8. The summed E-state index contributed by atoms with van der Waals surface area (Å²) in [7, 11) is 0. The summed E-state index contributed by atoms with van der Waals surface area (Å²) in [5.41, 5.74) is 3.31. The van der Waals surface area contributed by atoms with Gasteiger partial charge in [0.25, 0.3) is 0 Å². The van der Waals surface area contributed by atoms with Crippen molar-refractivity contribution in [2.45, 2.75) is 51.5 Å². The van der Waals surface area contributed by atoms with Crippen molar-refractivity contribution in [1.29, 1.82) is 0 Å². The monoisotopic (exact) mass is 346 g/mol. The van der Waals surface area contributed by atoms with Gasteiger partial charge in [0.05, 0.1) is 5.52 Å². The molecule has 4 nitrogen and oxygen atoms in total. The van der Waals surface area contributed by atoms with Gasteiger partial charge in [0.1, 0.15) is 5.82 Å². The topological polar surface area (TPSA) is 49.8 Å². The molecule has 0 radical (unpaired) electrons. The number of hydrogen-bond donors (Lipinski definition) is 2. The predicted octanol–water partition coefficient (Wildman–Crippen LogP) is 5.68. The van der Waals surface area contributed by atoms with E-state index in [2.05, 4.69) is 54.0 Å². The highest BCUT2D eigenvalue weighted by atomic mass is 15.1. The highest BCUT2D eigenvalue weighted by Crippen LogP contribution is 2.27. The number of benzene rings is 2. The Morgan fingerprint density at radius 3 is 2.46 bits per heavy atom. The second-order valence-electron chi connectivity index (χ2n) is 7.07. The SMILES string of the molecule is CCc1ccc(Nc2nc(NC3CCCCC3)c3ccccc3n2)cc1. The van der Waals surface area contributed by atoms with Crippen LogP contribution in [0, 0.1) is 0 Å². The van der Waals surface area contributed by atoms with E-state index in [0.717, 1.165) is 28.8 Å². The summed E-state index contributed by atoms with van der Waals surface area (Å²) >= 11 is 0. The number of para-hydroxylation sites is 1. The van der Waals surface area contributed by atoms with Crippen LogP contribution in [0.1, 0.15) is 44.6 Å². The molecule has 0 spiro atoms. The average molecular weight is 346 g/mol. The number of nitrogens with one attached hydrogen (secondary N) is 2. The van der Waals surface area contributed by atoms with Gasteiger partial charge in [0.15, 0.2) is 0 Å². The molecule has 4 rings (SSSR count). The minimum Gasteiger partial charge on any atom is -0.367 e. The minimum absolute atomic E-state index is 0.513. The zero-order valence-corrected chi connectivity index (χ0v) is 15.3. The van der Waals surface area contributed by atoms with Crippen molar-refractivity contribution in [1.82, 2.24) is 9.97 Å². The number of hydrogen-bond acceptors (Lipinski definition) is 4. The lowest BCUT2D eigenvalue weighted by Gasteiger charge is -2.24. The summed E-state index contributed by atoms with van der Waals surface area (Å²) in [5, 5.41) is 8.13. The molecule has 2 aromatic carbocycles. The third kappa shape index (κ3) is 3.79. The molecule has 0 atom stereocenters. The highest BCUT2D eigenvalue weighted by Gasteiger charge is 2.16. The smallest absolute Gasteiger partial charge is 0.229 e. The van der Waals surface area contributed by atoms with Crippen LogP contribution in [0.25, 0.3) is 10.9 Å². The molecule has 0 amide bonds. The third-order valence-electron chi connectivity index (χ3n) is 5.17. The Balaban J connectivity index is 1.63. The second kappa shape index (κ2) is 7.73. The van der Waals surface area contributed by atoms with Crippen LogP contribution in [0.2, 0.25) is 0 Å². The molecule has 2 N–H and O–H groups in total. The Labute approximate surface area is 155 Å². The Morgan fingerprint density at radius 2 is 1.69 bits per heavy atom. The maximum atomic E-state index is 4.80. The normalized spacial score (nSPS) is 15.1. The van der Waals surface area contributed by atoms with Crippen LogP contribution in [0.5, 0.6) is 0 Å². The molecule has 1 fully saturated rings. The number of aromatic nitrogens is 2. The quantitative estimate of drug-likeness (QED) is 0.624. The largest absolute Gasteiger partial charge is 0.367 e. The van der Waals surface area contributed by atoms with Crippen LogP contribution < -0.4 is 10.6 Å². The molecule has 1 aliphatic rings. The fourth-order valence-electron chi connectivity index (χ4n) is 3.64. The molecule has 1 aliphatic carbocycles. The number of nitrogens with zero attached hydrogens (tertiary/aromatic N) is 2. The summed E-state index contributed by atoms with van der Waals surface area (Å²) in [5.74, 6) is 1.58. The number of anilines is 3. The number of aryl methyl sites for hydroxylation is 1. The maximum absolute atomic E-state index is 4.80.